The van der Waals surface area contributed by atoms with Crippen LogP contribution in [0.5, 0.6) is 0 Å². The number of esters is 1. The van der Waals surface area contributed by atoms with E-state index in [2.05, 4.69) is 0 Å². The van der Waals surface area contributed by atoms with Crippen LogP contribution in [0.1, 0.15) is 27.7 Å². The molecular formula is C32H50O26. The Kier molecular flexibility index (Phi) is 15.0. The Morgan fingerprint density at radius 2 is 0.828 bits per heavy atom. The van der Waals surface area contributed by atoms with Crippen LogP contribution >= 0.6 is 0 Å². The lowest BCUT2D eigenvalue weighted by atomic mass is 9.95. The highest BCUT2D eigenvalue weighted by molar-refractivity contribution is 5.73. The zero-order valence-electron chi connectivity index (χ0n) is 31.1. The van der Waals surface area contributed by atoms with Crippen LogP contribution in [0.25, 0.3) is 0 Å². The second kappa shape index (κ2) is 18.7. The van der Waals surface area contributed by atoms with Crippen molar-refractivity contribution in [3.63, 3.8) is 0 Å². The van der Waals surface area contributed by atoms with E-state index in [1.807, 2.05) is 0 Å². The van der Waals surface area contributed by atoms with Gasteiger partial charge in [-0.2, -0.15) is 0 Å². The highest BCUT2D eigenvalue weighted by Crippen LogP contribution is 2.38. The van der Waals surface area contributed by atoms with Crippen LogP contribution in [-0.4, -0.2) is 238 Å². The minimum atomic E-state index is -2.24. The zero-order chi connectivity index (χ0) is 43.2. The molecule has 10 unspecified atom stereocenters. The van der Waals surface area contributed by atoms with Gasteiger partial charge in [0.25, 0.3) is 0 Å². The summed E-state index contributed by atoms with van der Waals surface area (Å²) in [6.45, 7) is 4.84. The fourth-order valence-corrected chi connectivity index (χ4v) is 7.11. The monoisotopic (exact) mass is 850 g/mol. The molecule has 0 aromatic rings. The van der Waals surface area contributed by atoms with Crippen LogP contribution in [0.3, 0.4) is 0 Å². The fraction of sp³-hybridized carbons (Fsp3) is 0.906. The molecule has 26 nitrogen and oxygen atoms in total. The van der Waals surface area contributed by atoms with Gasteiger partial charge in [-0.25, -0.2) is 9.59 Å². The van der Waals surface area contributed by atoms with Crippen molar-refractivity contribution in [3.05, 3.63) is 0 Å². The summed E-state index contributed by atoms with van der Waals surface area (Å²) in [5.74, 6) is -4.59. The van der Waals surface area contributed by atoms with Crippen molar-refractivity contribution in [1.82, 2.24) is 0 Å². The van der Waals surface area contributed by atoms with Crippen molar-refractivity contribution in [2.24, 2.45) is 0 Å². The molecule has 0 spiro atoms. The van der Waals surface area contributed by atoms with Crippen LogP contribution < -0.4 is 0 Å². The summed E-state index contributed by atoms with van der Waals surface area (Å²) in [7, 11) is 0. The number of hydrogen-bond acceptors (Lipinski definition) is 24. The Balaban J connectivity index is 1.57. The number of aliphatic hydroxyl groups is 11. The molecule has 5 heterocycles. The third kappa shape index (κ3) is 9.40. The predicted molar refractivity (Wildman–Crippen MR) is 173 cm³/mol. The van der Waals surface area contributed by atoms with E-state index < -0.39 is 171 Å². The summed E-state index contributed by atoms with van der Waals surface area (Å²) >= 11 is 0. The highest BCUT2D eigenvalue weighted by Gasteiger charge is 2.58. The van der Waals surface area contributed by atoms with E-state index in [9.17, 15) is 80.8 Å². The van der Waals surface area contributed by atoms with Crippen molar-refractivity contribution < 1.29 is 128 Å². The fourth-order valence-electron chi connectivity index (χ4n) is 7.11. The molecule has 5 saturated heterocycles. The smallest absolute Gasteiger partial charge is 0.335 e. The molecule has 13 N–H and O–H groups in total. The average Bonchev–Trinajstić information content (AvgIpc) is 3.15. The first kappa shape index (κ1) is 46.7. The van der Waals surface area contributed by atoms with Gasteiger partial charge in [-0.1, -0.05) is 0 Å². The van der Waals surface area contributed by atoms with Gasteiger partial charge in [0.05, 0.1) is 18.3 Å². The van der Waals surface area contributed by atoms with Crippen molar-refractivity contribution in [3.8, 4) is 0 Å². The van der Waals surface area contributed by atoms with Crippen molar-refractivity contribution in [1.29, 1.82) is 0 Å². The number of ether oxygens (including phenoxy) is 10. The first-order valence-electron chi connectivity index (χ1n) is 18.1. The molecular weight excluding hydrogens is 800 g/mol. The second-order valence-electron chi connectivity index (χ2n) is 14.6. The number of aliphatic hydroxyl groups excluding tert-OH is 11. The molecule has 0 saturated carbocycles. The number of carboxylic acid groups (broad SMARTS) is 2. The predicted octanol–water partition coefficient (Wildman–Crippen LogP) is -8.09. The molecule has 5 aliphatic rings. The summed E-state index contributed by atoms with van der Waals surface area (Å²) in [6.07, 6.45) is -48.9. The van der Waals surface area contributed by atoms with Gasteiger partial charge >= 0.3 is 17.9 Å². The zero-order valence-corrected chi connectivity index (χ0v) is 31.1. The molecule has 26 heteroatoms. The lowest BCUT2D eigenvalue weighted by molar-refractivity contribution is -0.408. The lowest BCUT2D eigenvalue weighted by Gasteiger charge is -2.51. The van der Waals surface area contributed by atoms with Gasteiger partial charge in [-0.3, -0.25) is 4.79 Å². The molecule has 25 atom stereocenters. The third-order valence-corrected chi connectivity index (χ3v) is 10.4. The average molecular weight is 851 g/mol. The van der Waals surface area contributed by atoms with E-state index in [1.54, 1.807) is 0 Å². The largest absolute Gasteiger partial charge is 0.479 e. The molecule has 5 rings (SSSR count). The Bertz CT molecular complexity index is 1410. The van der Waals surface area contributed by atoms with E-state index in [-0.39, 0.29) is 0 Å². The molecule has 0 aromatic heterocycles. The molecule has 0 aliphatic carbocycles. The van der Waals surface area contributed by atoms with Gasteiger partial charge in [0.2, 0.25) is 0 Å². The first-order chi connectivity index (χ1) is 27.0. The summed E-state index contributed by atoms with van der Waals surface area (Å²) in [5.41, 5.74) is 0. The lowest BCUT2D eigenvalue weighted by Crippen LogP contribution is -2.69. The number of carboxylic acids is 2. The molecule has 0 bridgehead atoms. The molecule has 5 aliphatic heterocycles. The summed E-state index contributed by atoms with van der Waals surface area (Å²) in [6, 6.07) is 0. The third-order valence-electron chi connectivity index (χ3n) is 10.4. The maximum Gasteiger partial charge on any atom is 0.335 e. The molecule has 334 valence electrons. The molecule has 0 radical (unpaired) electrons. The Labute approximate surface area is 327 Å². The van der Waals surface area contributed by atoms with E-state index >= 15 is 0 Å². The van der Waals surface area contributed by atoms with Gasteiger partial charge in [0, 0.05) is 6.92 Å². The maximum absolute atomic E-state index is 12.5. The molecule has 0 amide bonds. The van der Waals surface area contributed by atoms with Crippen molar-refractivity contribution >= 4 is 17.9 Å². The number of aliphatic carboxylic acids is 2. The Morgan fingerprint density at radius 3 is 1.33 bits per heavy atom. The molecule has 5 fully saturated rings. The quantitative estimate of drug-likeness (QED) is 0.0859. The maximum atomic E-state index is 12.5. The van der Waals surface area contributed by atoms with E-state index in [1.165, 1.54) is 20.8 Å². The van der Waals surface area contributed by atoms with Crippen molar-refractivity contribution in [2.45, 2.75) is 181 Å². The minimum Gasteiger partial charge on any atom is -0.479 e. The summed E-state index contributed by atoms with van der Waals surface area (Å²) < 4.78 is 56.6. The molecule has 0 aromatic carbocycles. The SMILES string of the molecule is CC(=O)O[C@@H]1C(C)O[C@@H](O[C@@H]2C(O)[C@H](O)OC(C)[C@H]2O)C(O[C@H]2OC(C(=O)O)[C@@H](O)[C@@H](O)C2O)[C@H]1O[C@@H]1OC(C)[C@@H](O)[C@H](O)C1O[C@H]1OC(C(=O)O)[C@@H](O)[C@@H](O)C1O. The van der Waals surface area contributed by atoms with Crippen molar-refractivity contribution in [2.75, 3.05) is 0 Å². The van der Waals surface area contributed by atoms with E-state index in [4.69, 9.17) is 47.4 Å². The van der Waals surface area contributed by atoms with Crippen LogP contribution in [0.2, 0.25) is 0 Å². The number of carbonyl (C=O) groups excluding carboxylic acids is 1. The Hall–Kier alpha value is -2.39. The van der Waals surface area contributed by atoms with Gasteiger partial charge in [-0.05, 0) is 20.8 Å². The number of carbonyl (C=O) groups is 3. The Morgan fingerprint density at radius 1 is 0.397 bits per heavy atom. The number of rotatable bonds is 11. The van der Waals surface area contributed by atoms with Crippen LogP contribution in [-0.2, 0) is 61.8 Å². The molecule has 58 heavy (non-hydrogen) atoms. The topological polar surface area (TPSA) is 407 Å². The van der Waals surface area contributed by atoms with Crippen LogP contribution in [0.4, 0.5) is 0 Å². The van der Waals surface area contributed by atoms with Gasteiger partial charge in [0.15, 0.2) is 49.8 Å². The summed E-state index contributed by atoms with van der Waals surface area (Å²) in [4.78, 5) is 36.2. The summed E-state index contributed by atoms with van der Waals surface area (Å²) in [5, 5.41) is 136. The standard InChI is InChI=1S/C32H50O26/c1-5-9(34)13(38)23(56-29-16(41)11(36)14(39)21(54-29)26(44)45)31(50-5)57-24-19(52-8(4)33)7(3)51-32(53-20-10(35)6(2)49-28(48)18(20)43)25(24)58-30-17(42)12(37)15(40)22(55-30)27(46)47/h5-7,9-25,28-32,34-43,48H,1-4H3,(H,44,45)(H,46,47)/t5?,6?,7?,9-,10-,11-,12-,13+,14+,15+,16?,17?,18?,19-,20+,21?,22?,23?,24+,25?,28-,29-,30-,31+,32+/m1/s1. The first-order valence-corrected chi connectivity index (χ1v) is 18.1. The van der Waals surface area contributed by atoms with Gasteiger partial charge in [0.1, 0.15) is 85.5 Å². The highest BCUT2D eigenvalue weighted by atomic mass is 16.8. The van der Waals surface area contributed by atoms with Crippen LogP contribution in [0.15, 0.2) is 0 Å². The van der Waals surface area contributed by atoms with Gasteiger partial charge in [-0.15, -0.1) is 0 Å². The minimum absolute atomic E-state index is 0.967. The normalized spacial score (nSPS) is 51.5. The van der Waals surface area contributed by atoms with E-state index in [0.717, 1.165) is 6.92 Å². The van der Waals surface area contributed by atoms with E-state index in [0.29, 0.717) is 0 Å². The second-order valence-corrected chi connectivity index (χ2v) is 14.6. The van der Waals surface area contributed by atoms with Gasteiger partial charge < -0.3 is 114 Å². The van der Waals surface area contributed by atoms with Crippen LogP contribution in [0, 0.1) is 0 Å². The number of hydrogen-bond donors (Lipinski definition) is 13.